The van der Waals surface area contributed by atoms with Crippen LogP contribution in [0.5, 0.6) is 5.75 Å². The molecular formula is C18H20N2O4S. The zero-order valence-corrected chi connectivity index (χ0v) is 14.6. The van der Waals surface area contributed by atoms with Crippen LogP contribution in [-0.2, 0) is 21.2 Å². The predicted molar refractivity (Wildman–Crippen MR) is 96.6 cm³/mol. The van der Waals surface area contributed by atoms with Crippen molar-refractivity contribution in [2.24, 2.45) is 5.14 Å². The van der Waals surface area contributed by atoms with Crippen molar-refractivity contribution in [2.45, 2.75) is 11.3 Å². The molecule has 0 unspecified atom stereocenters. The van der Waals surface area contributed by atoms with E-state index in [1.54, 1.807) is 25.3 Å². The lowest BCUT2D eigenvalue weighted by Crippen LogP contribution is -2.23. The Morgan fingerprint density at radius 3 is 2.48 bits per heavy atom. The zero-order chi connectivity index (χ0) is 18.3. The Morgan fingerprint density at radius 1 is 1.16 bits per heavy atom. The Labute approximate surface area is 147 Å². The number of nitrogens with two attached hydrogens (primary N) is 1. The van der Waals surface area contributed by atoms with Gasteiger partial charge in [0.15, 0.2) is 0 Å². The first-order valence-corrected chi connectivity index (χ1v) is 9.15. The monoisotopic (exact) mass is 360 g/mol. The summed E-state index contributed by atoms with van der Waals surface area (Å²) in [7, 11) is -2.10. The van der Waals surface area contributed by atoms with Gasteiger partial charge in [-0.2, -0.15) is 0 Å². The molecule has 0 atom stereocenters. The number of para-hydroxylation sites is 1. The molecule has 0 aliphatic heterocycles. The van der Waals surface area contributed by atoms with Crippen molar-refractivity contribution in [1.82, 2.24) is 5.32 Å². The molecule has 0 aliphatic rings. The van der Waals surface area contributed by atoms with Crippen molar-refractivity contribution in [3.63, 3.8) is 0 Å². The molecule has 1 amide bonds. The molecule has 6 nitrogen and oxygen atoms in total. The summed E-state index contributed by atoms with van der Waals surface area (Å²) in [5, 5.41) is 7.82. The van der Waals surface area contributed by atoms with Gasteiger partial charge in [-0.15, -0.1) is 0 Å². The van der Waals surface area contributed by atoms with Crippen molar-refractivity contribution in [1.29, 1.82) is 0 Å². The molecule has 0 fully saturated rings. The smallest absolute Gasteiger partial charge is 0.244 e. The van der Waals surface area contributed by atoms with Crippen LogP contribution in [0.1, 0.15) is 11.1 Å². The van der Waals surface area contributed by atoms with Crippen LogP contribution in [0.15, 0.2) is 59.5 Å². The molecule has 7 heteroatoms. The number of hydrogen-bond donors (Lipinski definition) is 2. The SMILES string of the molecule is COc1ccccc1/C=C/C(=O)NCCc1ccc(S(N)(=O)=O)cc1. The van der Waals surface area contributed by atoms with Gasteiger partial charge in [0.05, 0.1) is 12.0 Å². The van der Waals surface area contributed by atoms with Gasteiger partial charge >= 0.3 is 0 Å². The summed E-state index contributed by atoms with van der Waals surface area (Å²) in [5.74, 6) is 0.480. The minimum absolute atomic E-state index is 0.0695. The van der Waals surface area contributed by atoms with Gasteiger partial charge in [-0.05, 0) is 36.3 Å². The molecule has 0 aromatic heterocycles. The third-order valence-corrected chi connectivity index (χ3v) is 4.45. The van der Waals surface area contributed by atoms with E-state index in [-0.39, 0.29) is 10.8 Å². The van der Waals surface area contributed by atoms with Gasteiger partial charge in [0.1, 0.15) is 5.75 Å². The largest absolute Gasteiger partial charge is 0.496 e. The van der Waals surface area contributed by atoms with E-state index in [1.165, 1.54) is 18.2 Å². The normalized spacial score (nSPS) is 11.4. The van der Waals surface area contributed by atoms with Crippen LogP contribution >= 0.6 is 0 Å². The quantitative estimate of drug-likeness (QED) is 0.735. The predicted octanol–water partition coefficient (Wildman–Crippen LogP) is 1.71. The van der Waals surface area contributed by atoms with Crippen molar-refractivity contribution >= 4 is 22.0 Å². The van der Waals surface area contributed by atoms with Crippen molar-refractivity contribution in [3.05, 3.63) is 65.7 Å². The van der Waals surface area contributed by atoms with E-state index in [0.29, 0.717) is 18.7 Å². The third-order valence-electron chi connectivity index (χ3n) is 3.52. The first-order chi connectivity index (χ1) is 11.9. The fourth-order valence-electron chi connectivity index (χ4n) is 2.20. The summed E-state index contributed by atoms with van der Waals surface area (Å²) in [6.07, 6.45) is 3.72. The van der Waals surface area contributed by atoms with Gasteiger partial charge in [-0.3, -0.25) is 4.79 Å². The lowest BCUT2D eigenvalue weighted by atomic mass is 10.1. The van der Waals surface area contributed by atoms with Crippen LogP contribution in [0.4, 0.5) is 0 Å². The summed E-state index contributed by atoms with van der Waals surface area (Å²) in [4.78, 5) is 11.9. The van der Waals surface area contributed by atoms with E-state index < -0.39 is 10.0 Å². The second kappa shape index (κ2) is 8.46. The second-order valence-electron chi connectivity index (χ2n) is 5.31. The van der Waals surface area contributed by atoms with Crippen LogP contribution in [0.3, 0.4) is 0 Å². The maximum atomic E-state index is 11.9. The Bertz CT molecular complexity index is 859. The van der Waals surface area contributed by atoms with Crippen molar-refractivity contribution < 1.29 is 17.9 Å². The number of ether oxygens (including phenoxy) is 1. The number of primary sulfonamides is 1. The summed E-state index contributed by atoms with van der Waals surface area (Å²) >= 11 is 0. The molecule has 0 spiro atoms. The van der Waals surface area contributed by atoms with E-state index in [0.717, 1.165) is 11.1 Å². The molecule has 3 N–H and O–H groups in total. The van der Waals surface area contributed by atoms with Crippen LogP contribution in [-0.4, -0.2) is 28.0 Å². The molecule has 0 heterocycles. The number of carbonyl (C=O) groups is 1. The molecule has 0 saturated carbocycles. The summed E-state index contributed by atoms with van der Waals surface area (Å²) in [6.45, 7) is 0.434. The topological polar surface area (TPSA) is 98.5 Å². The Kier molecular flexibility index (Phi) is 6.32. The Balaban J connectivity index is 1.85. The molecule has 2 aromatic rings. The van der Waals surface area contributed by atoms with Gasteiger partial charge in [-0.25, -0.2) is 13.6 Å². The molecular weight excluding hydrogens is 340 g/mol. The van der Waals surface area contributed by atoms with Gasteiger partial charge in [-0.1, -0.05) is 30.3 Å². The minimum atomic E-state index is -3.68. The maximum absolute atomic E-state index is 11.9. The zero-order valence-electron chi connectivity index (χ0n) is 13.8. The van der Waals surface area contributed by atoms with E-state index in [4.69, 9.17) is 9.88 Å². The minimum Gasteiger partial charge on any atom is -0.496 e. The molecule has 0 saturated heterocycles. The molecule has 25 heavy (non-hydrogen) atoms. The van der Waals surface area contributed by atoms with Gasteiger partial charge in [0.25, 0.3) is 0 Å². The standard InChI is InChI=1S/C18H20N2O4S/c1-24-17-5-3-2-4-15(17)8-11-18(21)20-13-12-14-6-9-16(10-7-14)25(19,22)23/h2-11H,12-13H2,1H3,(H,20,21)(H2,19,22,23)/b11-8+. The number of hydrogen-bond acceptors (Lipinski definition) is 4. The summed E-state index contributed by atoms with van der Waals surface area (Å²) in [6, 6.07) is 13.7. The van der Waals surface area contributed by atoms with E-state index in [1.807, 2.05) is 24.3 Å². The highest BCUT2D eigenvalue weighted by Gasteiger charge is 2.06. The first kappa shape index (κ1) is 18.7. The number of rotatable bonds is 7. The number of amides is 1. The number of carbonyl (C=O) groups excluding carboxylic acids is 1. The molecule has 2 rings (SSSR count). The second-order valence-corrected chi connectivity index (χ2v) is 6.87. The average Bonchev–Trinajstić information content (AvgIpc) is 2.60. The van der Waals surface area contributed by atoms with Crippen LogP contribution < -0.4 is 15.2 Å². The van der Waals surface area contributed by atoms with E-state index in [2.05, 4.69) is 5.32 Å². The molecule has 0 bridgehead atoms. The average molecular weight is 360 g/mol. The van der Waals surface area contributed by atoms with Gasteiger partial charge < -0.3 is 10.1 Å². The number of nitrogens with one attached hydrogen (secondary N) is 1. The van der Waals surface area contributed by atoms with Crippen molar-refractivity contribution in [2.75, 3.05) is 13.7 Å². The van der Waals surface area contributed by atoms with Crippen LogP contribution in [0, 0.1) is 0 Å². The lowest BCUT2D eigenvalue weighted by molar-refractivity contribution is -0.116. The molecule has 132 valence electrons. The molecule has 2 aromatic carbocycles. The highest BCUT2D eigenvalue weighted by atomic mass is 32.2. The van der Waals surface area contributed by atoms with Crippen LogP contribution in [0.25, 0.3) is 6.08 Å². The fourth-order valence-corrected chi connectivity index (χ4v) is 2.72. The molecule has 0 aliphatic carbocycles. The summed E-state index contributed by atoms with van der Waals surface area (Å²) in [5.41, 5.74) is 1.72. The maximum Gasteiger partial charge on any atom is 0.244 e. The van der Waals surface area contributed by atoms with E-state index in [9.17, 15) is 13.2 Å². The molecule has 0 radical (unpaired) electrons. The first-order valence-electron chi connectivity index (χ1n) is 7.61. The van der Waals surface area contributed by atoms with Gasteiger partial charge in [0.2, 0.25) is 15.9 Å². The van der Waals surface area contributed by atoms with Gasteiger partial charge in [0, 0.05) is 18.2 Å². The fraction of sp³-hybridized carbons (Fsp3) is 0.167. The third kappa shape index (κ3) is 5.74. The summed E-state index contributed by atoms with van der Waals surface area (Å²) < 4.78 is 27.6. The Morgan fingerprint density at radius 2 is 1.84 bits per heavy atom. The van der Waals surface area contributed by atoms with Crippen LogP contribution in [0.2, 0.25) is 0 Å². The number of methoxy groups -OCH3 is 1. The number of benzene rings is 2. The highest BCUT2D eigenvalue weighted by Crippen LogP contribution is 2.18. The van der Waals surface area contributed by atoms with E-state index >= 15 is 0 Å². The number of sulfonamides is 1. The Hall–Kier alpha value is -2.64. The highest BCUT2D eigenvalue weighted by molar-refractivity contribution is 7.89. The lowest BCUT2D eigenvalue weighted by Gasteiger charge is -2.05. The van der Waals surface area contributed by atoms with Crippen molar-refractivity contribution in [3.8, 4) is 5.75 Å².